The van der Waals surface area contributed by atoms with Gasteiger partial charge in [-0.05, 0) is 41.3 Å². The fourth-order valence-electron chi connectivity index (χ4n) is 4.08. The molecule has 4 nitrogen and oxygen atoms in total. The van der Waals surface area contributed by atoms with Gasteiger partial charge >= 0.3 is 6.03 Å². The molecule has 2 atom stereocenters. The van der Waals surface area contributed by atoms with E-state index < -0.39 is 0 Å². The summed E-state index contributed by atoms with van der Waals surface area (Å²) >= 11 is 1.87. The van der Waals surface area contributed by atoms with Crippen molar-refractivity contribution in [3.63, 3.8) is 0 Å². The number of carbonyl (C=O) groups is 1. The molecule has 1 aromatic carbocycles. The summed E-state index contributed by atoms with van der Waals surface area (Å²) in [5, 5.41) is 5.40. The summed E-state index contributed by atoms with van der Waals surface area (Å²) in [6, 6.07) is 13.1. The molecule has 2 aliphatic rings. The fourth-order valence-corrected chi connectivity index (χ4v) is 4.97. The predicted molar refractivity (Wildman–Crippen MR) is 106 cm³/mol. The van der Waals surface area contributed by atoms with E-state index >= 15 is 0 Å². The van der Waals surface area contributed by atoms with Gasteiger partial charge in [-0.3, -0.25) is 4.90 Å². The molecule has 1 N–H and O–H groups in total. The largest absolute Gasteiger partial charge is 0.336 e. The number of rotatable bonds is 4. The molecule has 2 aliphatic heterocycles. The Morgan fingerprint density at radius 2 is 2.12 bits per heavy atom. The molecule has 2 unspecified atom stereocenters. The number of hydrogen-bond acceptors (Lipinski definition) is 3. The Bertz CT molecular complexity index is 745. The molecule has 0 radical (unpaired) electrons. The first-order valence-corrected chi connectivity index (χ1v) is 10.5. The summed E-state index contributed by atoms with van der Waals surface area (Å²) < 4.78 is 0. The van der Waals surface area contributed by atoms with Gasteiger partial charge in [0.25, 0.3) is 0 Å². The van der Waals surface area contributed by atoms with Crippen LogP contribution in [0, 0.1) is 5.92 Å². The third-order valence-electron chi connectivity index (χ3n) is 5.62. The van der Waals surface area contributed by atoms with Crippen molar-refractivity contribution in [2.75, 3.05) is 26.2 Å². The normalized spacial score (nSPS) is 21.4. The highest BCUT2D eigenvalue weighted by molar-refractivity contribution is 7.10. The lowest BCUT2D eigenvalue weighted by Crippen LogP contribution is -2.44. The van der Waals surface area contributed by atoms with Crippen LogP contribution in [0.1, 0.15) is 35.4 Å². The Morgan fingerprint density at radius 3 is 2.88 bits per heavy atom. The number of nitrogens with one attached hydrogen (secondary N) is 1. The second-order valence-corrected chi connectivity index (χ2v) is 8.54. The van der Waals surface area contributed by atoms with Crippen molar-refractivity contribution in [2.45, 2.75) is 32.4 Å². The Hall–Kier alpha value is -1.85. The third kappa shape index (κ3) is 3.79. The van der Waals surface area contributed by atoms with Gasteiger partial charge < -0.3 is 10.2 Å². The molecule has 0 bridgehead atoms. The van der Waals surface area contributed by atoms with Crippen LogP contribution in [0.2, 0.25) is 0 Å². The van der Waals surface area contributed by atoms with Crippen molar-refractivity contribution < 1.29 is 4.79 Å². The van der Waals surface area contributed by atoms with E-state index in [9.17, 15) is 4.79 Å². The second-order valence-electron chi connectivity index (χ2n) is 7.54. The lowest BCUT2D eigenvalue weighted by molar-refractivity contribution is 0.168. The van der Waals surface area contributed by atoms with Crippen LogP contribution in [0.15, 0.2) is 41.8 Å². The Balaban J connectivity index is 1.46. The van der Waals surface area contributed by atoms with Gasteiger partial charge in [0.2, 0.25) is 0 Å². The van der Waals surface area contributed by atoms with Gasteiger partial charge in [0.05, 0.1) is 6.04 Å². The molecule has 1 saturated heterocycles. The molecular weight excluding hydrogens is 342 g/mol. The highest BCUT2D eigenvalue weighted by Gasteiger charge is 2.28. The lowest BCUT2D eigenvalue weighted by atomic mass is 10.0. The maximum absolute atomic E-state index is 12.6. The molecule has 5 heteroatoms. The summed E-state index contributed by atoms with van der Waals surface area (Å²) in [6.07, 6.45) is 2.22. The zero-order valence-electron chi connectivity index (χ0n) is 15.4. The maximum Gasteiger partial charge on any atom is 0.317 e. The number of amides is 2. The first-order chi connectivity index (χ1) is 12.7. The van der Waals surface area contributed by atoms with Crippen LogP contribution in [-0.4, -0.2) is 42.0 Å². The topological polar surface area (TPSA) is 35.6 Å². The van der Waals surface area contributed by atoms with Crippen LogP contribution in [0.3, 0.4) is 0 Å². The maximum atomic E-state index is 12.6. The average molecular weight is 370 g/mol. The molecule has 1 aromatic heterocycles. The fraction of sp³-hybridized carbons (Fsp3) is 0.476. The molecule has 4 rings (SSSR count). The number of fused-ring (bicyclic) bond motifs is 1. The summed E-state index contributed by atoms with van der Waals surface area (Å²) in [5.41, 5.74) is 2.73. The smallest absolute Gasteiger partial charge is 0.317 e. The summed E-state index contributed by atoms with van der Waals surface area (Å²) in [7, 11) is 0. The number of carbonyl (C=O) groups excluding carboxylic acids is 1. The Labute approximate surface area is 159 Å². The number of likely N-dealkylation sites (tertiary alicyclic amines) is 1. The van der Waals surface area contributed by atoms with E-state index in [4.69, 9.17) is 0 Å². The van der Waals surface area contributed by atoms with Crippen LogP contribution in [0.5, 0.6) is 0 Å². The van der Waals surface area contributed by atoms with E-state index in [0.29, 0.717) is 12.5 Å². The summed E-state index contributed by atoms with van der Waals surface area (Å²) in [6.45, 7) is 6.65. The van der Waals surface area contributed by atoms with Crippen LogP contribution in [0.25, 0.3) is 0 Å². The van der Waals surface area contributed by atoms with Gasteiger partial charge in [-0.15, -0.1) is 11.3 Å². The molecule has 3 heterocycles. The molecule has 1 fully saturated rings. The van der Waals surface area contributed by atoms with Gasteiger partial charge in [-0.2, -0.15) is 0 Å². The number of nitrogens with zero attached hydrogens (tertiary/aromatic N) is 2. The van der Waals surface area contributed by atoms with Crippen molar-refractivity contribution in [1.82, 2.24) is 15.1 Å². The Morgan fingerprint density at radius 1 is 1.27 bits per heavy atom. The minimum atomic E-state index is 0.0866. The van der Waals surface area contributed by atoms with E-state index in [0.717, 1.165) is 39.0 Å². The average Bonchev–Trinajstić information content (AvgIpc) is 3.31. The van der Waals surface area contributed by atoms with E-state index in [1.54, 1.807) is 0 Å². The molecule has 0 spiro atoms. The van der Waals surface area contributed by atoms with E-state index in [-0.39, 0.29) is 12.1 Å². The highest BCUT2D eigenvalue weighted by Crippen LogP contribution is 2.30. The zero-order chi connectivity index (χ0) is 17.9. The first kappa shape index (κ1) is 17.6. The number of urea groups is 1. The van der Waals surface area contributed by atoms with Crippen molar-refractivity contribution in [3.05, 3.63) is 57.8 Å². The molecule has 0 aliphatic carbocycles. The predicted octanol–water partition coefficient (Wildman–Crippen LogP) is 3.90. The number of thiophene rings is 1. The minimum absolute atomic E-state index is 0.0866. The van der Waals surface area contributed by atoms with Gasteiger partial charge in [-0.1, -0.05) is 37.3 Å². The van der Waals surface area contributed by atoms with Gasteiger partial charge in [0.1, 0.15) is 0 Å². The Kier molecular flexibility index (Phi) is 5.27. The molecule has 138 valence electrons. The molecule has 26 heavy (non-hydrogen) atoms. The molecule has 2 aromatic rings. The monoisotopic (exact) mass is 369 g/mol. The van der Waals surface area contributed by atoms with Crippen LogP contribution in [0.4, 0.5) is 4.79 Å². The zero-order valence-corrected chi connectivity index (χ0v) is 16.2. The second kappa shape index (κ2) is 7.80. The van der Waals surface area contributed by atoms with Crippen molar-refractivity contribution in [3.8, 4) is 0 Å². The third-order valence-corrected chi connectivity index (χ3v) is 6.64. The SMILES string of the molecule is CC1CCN(C(=O)NCC(c2ccccc2)N2CCc3sccc3C2)C1. The summed E-state index contributed by atoms with van der Waals surface area (Å²) in [4.78, 5) is 18.6. The molecular formula is C21H27N3OS. The molecule has 2 amide bonds. The lowest BCUT2D eigenvalue weighted by Gasteiger charge is -2.35. The standard InChI is InChI=1S/C21H27N3OS/c1-16-7-10-24(14-16)21(25)22-13-19(17-5-3-2-4-6-17)23-11-8-20-18(15-23)9-12-26-20/h2-6,9,12,16,19H,7-8,10-11,13-15H2,1H3,(H,22,25). The van der Waals surface area contributed by atoms with E-state index in [1.807, 2.05) is 16.2 Å². The summed E-state index contributed by atoms with van der Waals surface area (Å²) in [5.74, 6) is 0.616. The molecule has 0 saturated carbocycles. The van der Waals surface area contributed by atoms with Crippen LogP contribution in [-0.2, 0) is 13.0 Å². The van der Waals surface area contributed by atoms with E-state index in [2.05, 4.69) is 58.9 Å². The van der Waals surface area contributed by atoms with Gasteiger partial charge in [0.15, 0.2) is 0 Å². The highest BCUT2D eigenvalue weighted by atomic mass is 32.1. The van der Waals surface area contributed by atoms with Crippen molar-refractivity contribution >= 4 is 17.4 Å². The van der Waals surface area contributed by atoms with E-state index in [1.165, 1.54) is 16.0 Å². The van der Waals surface area contributed by atoms with Crippen molar-refractivity contribution in [1.29, 1.82) is 0 Å². The van der Waals surface area contributed by atoms with Crippen molar-refractivity contribution in [2.24, 2.45) is 5.92 Å². The van der Waals surface area contributed by atoms with Gasteiger partial charge in [0, 0.05) is 37.6 Å². The van der Waals surface area contributed by atoms with Crippen LogP contribution >= 0.6 is 11.3 Å². The first-order valence-electron chi connectivity index (χ1n) is 9.57. The van der Waals surface area contributed by atoms with Gasteiger partial charge in [-0.25, -0.2) is 4.79 Å². The number of benzene rings is 1. The quantitative estimate of drug-likeness (QED) is 0.887. The minimum Gasteiger partial charge on any atom is -0.336 e. The van der Waals surface area contributed by atoms with Crippen LogP contribution < -0.4 is 5.32 Å². The number of hydrogen-bond donors (Lipinski definition) is 1.